The van der Waals surface area contributed by atoms with Crippen LogP contribution in [-0.2, 0) is 4.79 Å². The fourth-order valence-electron chi connectivity index (χ4n) is 2.22. The van der Waals surface area contributed by atoms with Crippen LogP contribution in [0.3, 0.4) is 0 Å². The van der Waals surface area contributed by atoms with Crippen LogP contribution in [-0.4, -0.2) is 17.5 Å². The van der Waals surface area contributed by atoms with E-state index in [0.29, 0.717) is 17.0 Å². The molecule has 0 aliphatic carbocycles. The van der Waals surface area contributed by atoms with Crippen molar-refractivity contribution in [3.8, 4) is 23.1 Å². The summed E-state index contributed by atoms with van der Waals surface area (Å²) in [5, 5.41) is 14.6. The number of amides is 1. The van der Waals surface area contributed by atoms with Gasteiger partial charge in [-0.25, -0.2) is 4.98 Å². The number of ether oxygens (including phenoxy) is 1. The van der Waals surface area contributed by atoms with Crippen molar-refractivity contribution in [3.05, 3.63) is 64.5 Å². The van der Waals surface area contributed by atoms with Gasteiger partial charge >= 0.3 is 0 Å². The molecule has 1 N–H and O–H groups in total. The molecule has 0 atom stereocenters. The molecule has 0 spiro atoms. The van der Waals surface area contributed by atoms with Gasteiger partial charge in [-0.1, -0.05) is 12.1 Å². The average Bonchev–Trinajstić information content (AvgIpc) is 3.07. The Balaban J connectivity index is 1.60. The van der Waals surface area contributed by atoms with Crippen LogP contribution in [0.15, 0.2) is 53.9 Å². The number of rotatable bonds is 5. The van der Waals surface area contributed by atoms with Crippen LogP contribution in [0.5, 0.6) is 5.75 Å². The highest BCUT2D eigenvalue weighted by Crippen LogP contribution is 2.24. The maximum absolute atomic E-state index is 12.1. The number of aromatic nitrogens is 1. The van der Waals surface area contributed by atoms with Crippen molar-refractivity contribution in [2.75, 3.05) is 11.9 Å². The summed E-state index contributed by atoms with van der Waals surface area (Å²) in [6, 6.07) is 16.2. The molecule has 6 heteroatoms. The first-order valence-electron chi connectivity index (χ1n) is 7.59. The largest absolute Gasteiger partial charge is 0.484 e. The molecule has 0 saturated heterocycles. The minimum atomic E-state index is -0.254. The Labute approximate surface area is 149 Å². The smallest absolute Gasteiger partial charge is 0.262 e. The second-order valence-electron chi connectivity index (χ2n) is 5.31. The molecule has 1 aromatic heterocycles. The lowest BCUT2D eigenvalue weighted by Crippen LogP contribution is -2.20. The highest BCUT2D eigenvalue weighted by atomic mass is 32.1. The van der Waals surface area contributed by atoms with Crippen LogP contribution in [0.2, 0.25) is 0 Å². The van der Waals surface area contributed by atoms with Crippen molar-refractivity contribution in [1.29, 1.82) is 5.26 Å². The molecule has 0 unspecified atom stereocenters. The molecule has 0 aliphatic heterocycles. The summed E-state index contributed by atoms with van der Waals surface area (Å²) >= 11 is 1.59. The molecule has 3 rings (SSSR count). The highest BCUT2D eigenvalue weighted by Gasteiger charge is 2.07. The first kappa shape index (κ1) is 16.7. The summed E-state index contributed by atoms with van der Waals surface area (Å²) in [4.78, 5) is 16.5. The normalized spacial score (nSPS) is 10.1. The number of anilines is 1. The minimum absolute atomic E-state index is 0.105. The van der Waals surface area contributed by atoms with Crippen LogP contribution < -0.4 is 10.1 Å². The number of carbonyl (C=O) groups excluding carboxylic acids is 1. The van der Waals surface area contributed by atoms with E-state index in [-0.39, 0.29) is 12.5 Å². The second kappa shape index (κ2) is 7.60. The zero-order valence-electron chi connectivity index (χ0n) is 13.5. The third-order valence-corrected chi connectivity index (χ3v) is 4.19. The van der Waals surface area contributed by atoms with Crippen molar-refractivity contribution in [2.45, 2.75) is 6.92 Å². The maximum Gasteiger partial charge on any atom is 0.262 e. The zero-order chi connectivity index (χ0) is 17.6. The van der Waals surface area contributed by atoms with E-state index in [2.05, 4.69) is 10.3 Å². The molecule has 25 heavy (non-hydrogen) atoms. The average molecular weight is 349 g/mol. The van der Waals surface area contributed by atoms with Crippen LogP contribution in [0.25, 0.3) is 11.3 Å². The summed E-state index contributed by atoms with van der Waals surface area (Å²) in [6.07, 6.45) is 0. The summed E-state index contributed by atoms with van der Waals surface area (Å²) in [5.41, 5.74) is 3.09. The topological polar surface area (TPSA) is 75.0 Å². The van der Waals surface area contributed by atoms with Crippen molar-refractivity contribution in [1.82, 2.24) is 4.98 Å². The summed E-state index contributed by atoms with van der Waals surface area (Å²) in [7, 11) is 0. The van der Waals surface area contributed by atoms with Gasteiger partial charge in [0.2, 0.25) is 0 Å². The van der Waals surface area contributed by atoms with E-state index in [1.807, 2.05) is 42.6 Å². The van der Waals surface area contributed by atoms with Crippen LogP contribution in [0, 0.1) is 18.3 Å². The lowest BCUT2D eigenvalue weighted by molar-refractivity contribution is -0.118. The molecule has 0 bridgehead atoms. The standard InChI is InChI=1S/C19H15N3O2S/c1-13-21-18(12-25-13)15-3-2-4-16(9-15)22-19(23)11-24-17-7-5-14(10-20)6-8-17/h2-9,12H,11H2,1H3,(H,22,23). The van der Waals surface area contributed by atoms with E-state index in [1.165, 1.54) is 0 Å². The fraction of sp³-hybridized carbons (Fsp3) is 0.105. The third kappa shape index (κ3) is 4.43. The molecule has 0 aliphatic rings. The van der Waals surface area contributed by atoms with Crippen molar-refractivity contribution >= 4 is 22.9 Å². The van der Waals surface area contributed by atoms with E-state index in [0.717, 1.165) is 16.3 Å². The summed E-state index contributed by atoms with van der Waals surface area (Å²) in [6.45, 7) is 1.85. The van der Waals surface area contributed by atoms with E-state index < -0.39 is 0 Å². The number of hydrogen-bond donors (Lipinski definition) is 1. The molecule has 1 heterocycles. The summed E-state index contributed by atoms with van der Waals surface area (Å²) < 4.78 is 5.43. The van der Waals surface area contributed by atoms with Gasteiger partial charge in [-0.2, -0.15) is 5.26 Å². The monoisotopic (exact) mass is 349 g/mol. The number of benzene rings is 2. The van der Waals surface area contributed by atoms with Gasteiger partial charge in [-0.3, -0.25) is 4.79 Å². The quantitative estimate of drug-likeness (QED) is 0.755. The van der Waals surface area contributed by atoms with E-state index in [9.17, 15) is 4.79 Å². The number of hydrogen-bond acceptors (Lipinski definition) is 5. The van der Waals surface area contributed by atoms with Crippen LogP contribution >= 0.6 is 11.3 Å². The van der Waals surface area contributed by atoms with E-state index >= 15 is 0 Å². The van der Waals surface area contributed by atoms with Gasteiger partial charge in [-0.05, 0) is 43.3 Å². The Kier molecular flexibility index (Phi) is 5.07. The number of thiazole rings is 1. The van der Waals surface area contributed by atoms with Crippen LogP contribution in [0.1, 0.15) is 10.6 Å². The van der Waals surface area contributed by atoms with Gasteiger partial charge in [0.25, 0.3) is 5.91 Å². The van der Waals surface area contributed by atoms with Crippen LogP contribution in [0.4, 0.5) is 5.69 Å². The Hall–Kier alpha value is -3.17. The SMILES string of the molecule is Cc1nc(-c2cccc(NC(=O)COc3ccc(C#N)cc3)c2)cs1. The molecule has 3 aromatic rings. The Morgan fingerprint density at radius 3 is 2.76 bits per heavy atom. The molecule has 5 nitrogen and oxygen atoms in total. The van der Waals surface area contributed by atoms with Crippen molar-refractivity contribution in [3.63, 3.8) is 0 Å². The minimum Gasteiger partial charge on any atom is -0.484 e. The molecule has 124 valence electrons. The molecule has 0 saturated carbocycles. The first-order valence-corrected chi connectivity index (χ1v) is 8.47. The number of aryl methyl sites for hydroxylation is 1. The fourth-order valence-corrected chi connectivity index (χ4v) is 2.85. The molecule has 0 fully saturated rings. The maximum atomic E-state index is 12.1. The Morgan fingerprint density at radius 2 is 2.08 bits per heavy atom. The van der Waals surface area contributed by atoms with Gasteiger partial charge in [0.05, 0.1) is 22.3 Å². The van der Waals surface area contributed by atoms with Crippen molar-refractivity contribution < 1.29 is 9.53 Å². The van der Waals surface area contributed by atoms with Gasteiger partial charge < -0.3 is 10.1 Å². The number of carbonyl (C=O) groups is 1. The predicted octanol–water partition coefficient (Wildman–Crippen LogP) is 4.01. The zero-order valence-corrected chi connectivity index (χ0v) is 14.3. The number of nitriles is 1. The third-order valence-electron chi connectivity index (χ3n) is 3.41. The summed E-state index contributed by atoms with van der Waals surface area (Å²) in [5.74, 6) is 0.289. The number of nitrogens with zero attached hydrogens (tertiary/aromatic N) is 2. The lowest BCUT2D eigenvalue weighted by Gasteiger charge is -2.08. The lowest BCUT2D eigenvalue weighted by atomic mass is 10.1. The molecular weight excluding hydrogens is 334 g/mol. The second-order valence-corrected chi connectivity index (χ2v) is 6.37. The number of nitrogens with one attached hydrogen (secondary N) is 1. The Bertz CT molecular complexity index is 926. The molecular formula is C19H15N3O2S. The molecule has 0 radical (unpaired) electrons. The van der Waals surface area contributed by atoms with Crippen molar-refractivity contribution in [2.24, 2.45) is 0 Å². The first-order chi connectivity index (χ1) is 12.1. The van der Waals surface area contributed by atoms with Gasteiger partial charge in [0.15, 0.2) is 6.61 Å². The highest BCUT2D eigenvalue weighted by molar-refractivity contribution is 7.09. The van der Waals surface area contributed by atoms with E-state index in [1.54, 1.807) is 35.6 Å². The van der Waals surface area contributed by atoms with E-state index in [4.69, 9.17) is 10.00 Å². The van der Waals surface area contributed by atoms with Gasteiger partial charge in [0, 0.05) is 16.6 Å². The van der Waals surface area contributed by atoms with Gasteiger partial charge in [-0.15, -0.1) is 11.3 Å². The molecule has 1 amide bonds. The Morgan fingerprint density at radius 1 is 1.28 bits per heavy atom. The predicted molar refractivity (Wildman–Crippen MR) is 97.6 cm³/mol. The molecule has 2 aromatic carbocycles. The van der Waals surface area contributed by atoms with Gasteiger partial charge in [0.1, 0.15) is 5.75 Å².